The second-order valence-corrected chi connectivity index (χ2v) is 2.88. The summed E-state index contributed by atoms with van der Waals surface area (Å²) in [5.41, 5.74) is 0. The third-order valence-corrected chi connectivity index (χ3v) is 0. The molecule has 5 N–H and O–H groups in total. The molecule has 0 amide bonds. The van der Waals surface area contributed by atoms with Crippen LogP contribution in [0.4, 0.5) is 0 Å². The molecule has 0 aromatic carbocycles. The van der Waals surface area contributed by atoms with Gasteiger partial charge in [-0.05, 0) is 0 Å². The summed E-state index contributed by atoms with van der Waals surface area (Å²) in [6.07, 6.45) is 0. The average molecular weight is 260 g/mol. The molecule has 0 heterocycles. The van der Waals surface area contributed by atoms with Crippen LogP contribution in [0.1, 0.15) is 0 Å². The van der Waals surface area contributed by atoms with Gasteiger partial charge in [0.05, 0.1) is 0 Å². The molecule has 0 spiro atoms. The molecule has 0 radical (unpaired) electrons. The summed E-state index contributed by atoms with van der Waals surface area (Å²) >= 11 is 0. The van der Waals surface area contributed by atoms with Crippen LogP contribution in [-0.4, -0.2) is 113 Å². The molecule has 0 aliphatic heterocycles. The van der Waals surface area contributed by atoms with Gasteiger partial charge in [0, 0.05) is 0 Å². The summed E-state index contributed by atoms with van der Waals surface area (Å²) in [5.74, 6) is 0. The van der Waals surface area contributed by atoms with E-state index in [1.165, 1.54) is 0 Å². The van der Waals surface area contributed by atoms with E-state index in [4.69, 9.17) is 36.8 Å². The third-order valence-electron chi connectivity index (χ3n) is 0. The normalized spacial score (nSPS) is 9.75. The molecule has 0 aromatic rings. The van der Waals surface area contributed by atoms with Gasteiger partial charge in [-0.15, -0.1) is 0 Å². The van der Waals surface area contributed by atoms with Crippen molar-refractivity contribution in [1.29, 1.82) is 0 Å². The molecule has 8 nitrogen and oxygen atoms in total. The van der Waals surface area contributed by atoms with Crippen molar-refractivity contribution in [3.8, 4) is 0 Å². The van der Waals surface area contributed by atoms with Gasteiger partial charge in [0.1, 0.15) is 0 Å². The Labute approximate surface area is 133 Å². The van der Waals surface area contributed by atoms with E-state index < -0.39 is 18.2 Å². The first-order chi connectivity index (χ1) is 4.00. The molecular formula is H7KNaO8PS. The van der Waals surface area contributed by atoms with Crippen LogP contribution in [0, 0.1) is 0 Å². The van der Waals surface area contributed by atoms with Crippen LogP contribution in [0.5, 0.6) is 0 Å². The molecule has 0 aliphatic carbocycles. The van der Waals surface area contributed by atoms with Gasteiger partial charge in [-0.1, -0.05) is 0 Å². The van der Waals surface area contributed by atoms with Gasteiger partial charge in [-0.25, -0.2) is 4.57 Å². The fourth-order valence-electron chi connectivity index (χ4n) is 0. The van der Waals surface area contributed by atoms with E-state index in [1.54, 1.807) is 0 Å². The molecule has 0 unspecified atom stereocenters. The summed E-state index contributed by atoms with van der Waals surface area (Å²) in [5, 5.41) is 0. The van der Waals surface area contributed by atoms with Crippen LogP contribution in [0.2, 0.25) is 0 Å². The van der Waals surface area contributed by atoms with E-state index in [0.29, 0.717) is 0 Å². The van der Waals surface area contributed by atoms with E-state index in [-0.39, 0.29) is 80.9 Å². The van der Waals surface area contributed by atoms with Crippen molar-refractivity contribution in [2.75, 3.05) is 0 Å². The minimum absolute atomic E-state index is 0. The summed E-state index contributed by atoms with van der Waals surface area (Å²) in [6.45, 7) is 0. The van der Waals surface area contributed by atoms with Crippen LogP contribution in [-0.2, 0) is 15.0 Å². The standard InChI is InChI=1S/K.Na.H3O4P.H2O4S.2H/c;;2*1-5(2,3)4;;/h;;(H3,1,2,3,4);(H2,1,2,3,4);;. The quantitative estimate of drug-likeness (QED) is 0.177. The van der Waals surface area contributed by atoms with Crippen molar-refractivity contribution in [3.63, 3.8) is 0 Å². The zero-order valence-electron chi connectivity index (χ0n) is 4.32. The molecule has 0 atom stereocenters. The molecule has 12 heteroatoms. The van der Waals surface area contributed by atoms with Crippen molar-refractivity contribution < 1.29 is 36.8 Å². The predicted octanol–water partition coefficient (Wildman–Crippen LogP) is -2.88. The number of rotatable bonds is 0. The average Bonchev–Trinajstić information content (AvgIpc) is 1.12. The second kappa shape index (κ2) is 10.1. The van der Waals surface area contributed by atoms with Crippen LogP contribution < -0.4 is 0 Å². The Balaban J connectivity index is -0.0000000457. The van der Waals surface area contributed by atoms with E-state index in [9.17, 15) is 0 Å². The fraction of sp³-hybridized carbons (Fsp3) is 0. The molecule has 0 rings (SSSR count). The predicted molar refractivity (Wildman–Crippen MR) is 42.7 cm³/mol. The Morgan fingerprint density at radius 3 is 1.00 bits per heavy atom. The van der Waals surface area contributed by atoms with Crippen LogP contribution in [0.3, 0.4) is 0 Å². The van der Waals surface area contributed by atoms with E-state index >= 15 is 0 Å². The monoisotopic (exact) mass is 260 g/mol. The Morgan fingerprint density at radius 1 is 1.00 bits per heavy atom. The first-order valence-corrected chi connectivity index (χ1v) is 4.44. The van der Waals surface area contributed by atoms with Crippen molar-refractivity contribution in [2.24, 2.45) is 0 Å². The van der Waals surface area contributed by atoms with Crippen molar-refractivity contribution in [1.82, 2.24) is 0 Å². The molecule has 0 aliphatic rings. The number of hydrogen-bond donors (Lipinski definition) is 5. The Hall–Kier alpha value is 2.62. The summed E-state index contributed by atoms with van der Waals surface area (Å²) in [4.78, 5) is 21.6. The fourth-order valence-corrected chi connectivity index (χ4v) is 0. The maximum absolute atomic E-state index is 8.88. The second-order valence-electron chi connectivity index (χ2n) is 0.961. The van der Waals surface area contributed by atoms with Gasteiger partial charge in [-0.2, -0.15) is 8.42 Å². The van der Waals surface area contributed by atoms with Gasteiger partial charge < -0.3 is 14.7 Å². The number of hydrogen-bond acceptors (Lipinski definition) is 3. The van der Waals surface area contributed by atoms with E-state index in [2.05, 4.69) is 0 Å². The Bertz CT molecular complexity index is 197. The van der Waals surface area contributed by atoms with Gasteiger partial charge in [0.2, 0.25) is 0 Å². The van der Waals surface area contributed by atoms with E-state index in [1.807, 2.05) is 0 Å². The van der Waals surface area contributed by atoms with Crippen molar-refractivity contribution >= 4 is 99.2 Å². The SMILES string of the molecule is O=P(O)(O)O.O=S(=O)(O)O.[KH].[NaH]. The van der Waals surface area contributed by atoms with Crippen LogP contribution >= 0.6 is 7.82 Å². The van der Waals surface area contributed by atoms with E-state index in [0.717, 1.165) is 0 Å². The van der Waals surface area contributed by atoms with Crippen molar-refractivity contribution in [2.45, 2.75) is 0 Å². The molecule has 0 bridgehead atoms. The van der Waals surface area contributed by atoms with Gasteiger partial charge in [-0.3, -0.25) is 9.11 Å². The number of phosphoric acid groups is 1. The van der Waals surface area contributed by atoms with Crippen LogP contribution in [0.15, 0.2) is 0 Å². The van der Waals surface area contributed by atoms with Crippen LogP contribution in [0.25, 0.3) is 0 Å². The topological polar surface area (TPSA) is 152 Å². The summed E-state index contributed by atoms with van der Waals surface area (Å²) in [7, 11) is -9.31. The molecular weight excluding hydrogens is 253 g/mol. The molecule has 12 heavy (non-hydrogen) atoms. The third kappa shape index (κ3) is 249. The summed E-state index contributed by atoms with van der Waals surface area (Å²) < 4.78 is 40.5. The van der Waals surface area contributed by atoms with Gasteiger partial charge in [0.15, 0.2) is 0 Å². The molecule has 0 fully saturated rings. The van der Waals surface area contributed by atoms with Gasteiger partial charge in [0.25, 0.3) is 0 Å². The molecule has 0 saturated carbocycles. The Kier molecular flexibility index (Phi) is 20.3. The first-order valence-electron chi connectivity index (χ1n) is 1.48. The Morgan fingerprint density at radius 2 is 1.00 bits per heavy atom. The first kappa shape index (κ1) is 24.0. The molecule has 68 valence electrons. The minimum atomic E-state index is -4.67. The zero-order chi connectivity index (χ0) is 9.00. The maximum atomic E-state index is 8.88. The molecule has 0 saturated heterocycles. The summed E-state index contributed by atoms with van der Waals surface area (Å²) in [6, 6.07) is 0. The van der Waals surface area contributed by atoms with Gasteiger partial charge >= 0.3 is 99.2 Å². The zero-order valence-corrected chi connectivity index (χ0v) is 6.03. The molecule has 0 aromatic heterocycles. The van der Waals surface area contributed by atoms with Crippen molar-refractivity contribution in [3.05, 3.63) is 0 Å².